The van der Waals surface area contributed by atoms with Crippen molar-refractivity contribution in [3.05, 3.63) is 23.5 Å². The van der Waals surface area contributed by atoms with Crippen molar-refractivity contribution in [3.63, 3.8) is 0 Å². The minimum Gasteiger partial charge on any atom is -0.481 e. The lowest BCUT2D eigenvalue weighted by atomic mass is 9.84. The summed E-state index contributed by atoms with van der Waals surface area (Å²) in [5.41, 5.74) is 4.11. The van der Waals surface area contributed by atoms with Gasteiger partial charge in [-0.15, -0.1) is 0 Å². The van der Waals surface area contributed by atoms with Gasteiger partial charge in [0.15, 0.2) is 0 Å². The monoisotopic (exact) mass is 467 g/mol. The molecule has 2 heterocycles. The molecule has 1 unspecified atom stereocenters. The van der Waals surface area contributed by atoms with Crippen LogP contribution in [0.5, 0.6) is 0 Å². The van der Waals surface area contributed by atoms with Gasteiger partial charge in [0.1, 0.15) is 5.82 Å². The van der Waals surface area contributed by atoms with Gasteiger partial charge >= 0.3 is 12.1 Å². The van der Waals surface area contributed by atoms with Gasteiger partial charge in [-0.3, -0.25) is 9.69 Å². The van der Waals surface area contributed by atoms with Crippen molar-refractivity contribution in [2.45, 2.75) is 96.1 Å². The second-order valence-electron chi connectivity index (χ2n) is 10.6. The number of hydrogen-bond donors (Lipinski definition) is 1. The first-order chi connectivity index (χ1) is 16.5. The minimum atomic E-state index is -0.678. The summed E-state index contributed by atoms with van der Waals surface area (Å²) in [7, 11) is 1.43. The third-order valence-corrected chi connectivity index (χ3v) is 8.46. The molecular weight excluding hydrogens is 430 g/mol. The molecule has 2 aromatic rings. The van der Waals surface area contributed by atoms with Crippen LogP contribution in [0.4, 0.5) is 10.5 Å². The van der Waals surface area contributed by atoms with Crippen LogP contribution in [-0.2, 0) is 22.4 Å². The van der Waals surface area contributed by atoms with Gasteiger partial charge in [-0.1, -0.05) is 38.5 Å². The van der Waals surface area contributed by atoms with Crippen LogP contribution >= 0.6 is 0 Å². The van der Waals surface area contributed by atoms with Crippen LogP contribution in [0.1, 0.15) is 88.6 Å². The molecule has 2 fully saturated rings. The Balaban J connectivity index is 1.60. The van der Waals surface area contributed by atoms with E-state index in [0.717, 1.165) is 66.6 Å². The van der Waals surface area contributed by atoms with Crippen LogP contribution in [0, 0.1) is 11.8 Å². The Morgan fingerprint density at radius 3 is 2.62 bits per heavy atom. The number of carbonyl (C=O) groups is 2. The predicted molar refractivity (Wildman–Crippen MR) is 131 cm³/mol. The highest BCUT2D eigenvalue weighted by atomic mass is 16.5. The predicted octanol–water partition coefficient (Wildman–Crippen LogP) is 5.88. The van der Waals surface area contributed by atoms with Crippen LogP contribution < -0.4 is 4.90 Å². The number of hydrogen-bond acceptors (Lipinski definition) is 4. The van der Waals surface area contributed by atoms with E-state index in [1.54, 1.807) is 4.90 Å². The third-order valence-electron chi connectivity index (χ3n) is 8.46. The molecule has 1 aromatic heterocycles. The van der Waals surface area contributed by atoms with Crippen LogP contribution in [0.3, 0.4) is 0 Å². The Kier molecular flexibility index (Phi) is 6.54. The molecule has 1 aliphatic heterocycles. The SMILES string of the molecule is COC(=O)N1c2ccc3c(nc(CC4CCCCC4)n3[C@@H]3CCC[C@@H](C(=O)O)C3)c2CCC1C. The van der Waals surface area contributed by atoms with Crippen molar-refractivity contribution in [3.8, 4) is 0 Å². The van der Waals surface area contributed by atoms with Crippen LogP contribution in [0.2, 0.25) is 0 Å². The summed E-state index contributed by atoms with van der Waals surface area (Å²) in [6.45, 7) is 2.06. The molecule has 1 N–H and O–H groups in total. The van der Waals surface area contributed by atoms with E-state index in [2.05, 4.69) is 17.6 Å². The second kappa shape index (κ2) is 9.59. The zero-order valence-corrected chi connectivity index (χ0v) is 20.5. The Bertz CT molecular complexity index is 1070. The maximum absolute atomic E-state index is 12.6. The number of anilines is 1. The first-order valence-electron chi connectivity index (χ1n) is 13.1. The molecule has 7 nitrogen and oxygen atoms in total. The number of carbonyl (C=O) groups excluding carboxylic acids is 1. The number of fused-ring (bicyclic) bond motifs is 3. The van der Waals surface area contributed by atoms with Crippen molar-refractivity contribution < 1.29 is 19.4 Å². The number of carboxylic acid groups (broad SMARTS) is 1. The van der Waals surface area contributed by atoms with Gasteiger partial charge < -0.3 is 14.4 Å². The average Bonchev–Trinajstić information content (AvgIpc) is 3.22. The van der Waals surface area contributed by atoms with E-state index in [0.29, 0.717) is 12.3 Å². The normalized spacial score (nSPS) is 25.8. The van der Waals surface area contributed by atoms with E-state index < -0.39 is 5.97 Å². The lowest BCUT2D eigenvalue weighted by Crippen LogP contribution is -2.42. The molecule has 1 amide bonds. The molecule has 0 saturated heterocycles. The molecule has 3 aliphatic rings. The summed E-state index contributed by atoms with van der Waals surface area (Å²) in [5.74, 6) is 0.787. The zero-order valence-electron chi connectivity index (χ0n) is 20.5. The largest absolute Gasteiger partial charge is 0.481 e. The second-order valence-corrected chi connectivity index (χ2v) is 10.6. The highest BCUT2D eigenvalue weighted by Crippen LogP contribution is 2.41. The van der Waals surface area contributed by atoms with Crippen molar-refractivity contribution in [2.75, 3.05) is 12.0 Å². The molecule has 0 spiro atoms. The van der Waals surface area contributed by atoms with Crippen LogP contribution in [-0.4, -0.2) is 39.9 Å². The van der Waals surface area contributed by atoms with Gasteiger partial charge in [-0.25, -0.2) is 9.78 Å². The summed E-state index contributed by atoms with van der Waals surface area (Å²) in [6.07, 6.45) is 12.1. The fourth-order valence-electron chi connectivity index (χ4n) is 6.65. The zero-order chi connectivity index (χ0) is 23.8. The number of benzene rings is 1. The smallest absolute Gasteiger partial charge is 0.414 e. The van der Waals surface area contributed by atoms with Crippen molar-refractivity contribution in [1.29, 1.82) is 0 Å². The van der Waals surface area contributed by atoms with Gasteiger partial charge in [0, 0.05) is 24.1 Å². The maximum Gasteiger partial charge on any atom is 0.414 e. The number of nitrogens with zero attached hydrogens (tertiary/aromatic N) is 3. The Morgan fingerprint density at radius 1 is 1.09 bits per heavy atom. The molecule has 0 bridgehead atoms. The topological polar surface area (TPSA) is 84.7 Å². The summed E-state index contributed by atoms with van der Waals surface area (Å²) in [5, 5.41) is 9.71. The van der Waals surface area contributed by atoms with Gasteiger partial charge in [0.05, 0.1) is 29.7 Å². The molecule has 1 aromatic carbocycles. The van der Waals surface area contributed by atoms with E-state index in [-0.39, 0.29) is 24.1 Å². The highest BCUT2D eigenvalue weighted by molar-refractivity contribution is 5.95. The quantitative estimate of drug-likeness (QED) is 0.607. The number of amides is 1. The number of aromatic nitrogens is 2. The lowest BCUT2D eigenvalue weighted by Gasteiger charge is -2.34. The van der Waals surface area contributed by atoms with Gasteiger partial charge in [-0.05, 0) is 57.1 Å². The van der Waals surface area contributed by atoms with Gasteiger partial charge in [-0.2, -0.15) is 0 Å². The third kappa shape index (κ3) is 4.18. The maximum atomic E-state index is 12.6. The molecular formula is C27H37N3O4. The van der Waals surface area contributed by atoms with Crippen LogP contribution in [0.15, 0.2) is 12.1 Å². The van der Waals surface area contributed by atoms with E-state index >= 15 is 0 Å². The molecule has 5 rings (SSSR count). The number of ether oxygens (including phenoxy) is 1. The molecule has 184 valence electrons. The molecule has 3 atom stereocenters. The summed E-state index contributed by atoms with van der Waals surface area (Å²) in [4.78, 5) is 31.4. The van der Waals surface area contributed by atoms with Gasteiger partial charge in [0.25, 0.3) is 0 Å². The molecule has 7 heteroatoms. The number of imidazole rings is 1. The number of aliphatic carboxylic acids is 1. The summed E-state index contributed by atoms with van der Waals surface area (Å²) in [6, 6.07) is 4.39. The number of methoxy groups -OCH3 is 1. The van der Waals surface area contributed by atoms with Crippen molar-refractivity contribution in [1.82, 2.24) is 9.55 Å². The molecule has 34 heavy (non-hydrogen) atoms. The van der Waals surface area contributed by atoms with E-state index in [1.807, 2.05) is 6.07 Å². The Morgan fingerprint density at radius 2 is 1.88 bits per heavy atom. The number of aryl methyl sites for hydroxylation is 1. The molecule has 0 radical (unpaired) electrons. The van der Waals surface area contributed by atoms with E-state index in [9.17, 15) is 14.7 Å². The van der Waals surface area contributed by atoms with E-state index in [4.69, 9.17) is 9.72 Å². The number of rotatable bonds is 4. The first-order valence-corrected chi connectivity index (χ1v) is 13.1. The van der Waals surface area contributed by atoms with Crippen LogP contribution in [0.25, 0.3) is 11.0 Å². The summed E-state index contributed by atoms with van der Waals surface area (Å²) < 4.78 is 7.48. The fraction of sp³-hybridized carbons (Fsp3) is 0.667. The number of carboxylic acids is 1. The standard InChI is InChI=1S/C27H37N3O4/c1-17-11-12-21-22(29(17)27(33)34-2)13-14-23-25(21)28-24(15-18-7-4-3-5-8-18)30(23)20-10-6-9-19(16-20)26(31)32/h13-14,17-20H,3-12,15-16H2,1-2H3,(H,31,32)/t17?,19-,20-/m1/s1. The van der Waals surface area contributed by atoms with Crippen molar-refractivity contribution >= 4 is 28.8 Å². The minimum absolute atomic E-state index is 0.0795. The fourth-order valence-corrected chi connectivity index (χ4v) is 6.65. The van der Waals surface area contributed by atoms with E-state index in [1.165, 1.54) is 39.2 Å². The highest BCUT2D eigenvalue weighted by Gasteiger charge is 2.34. The summed E-state index contributed by atoms with van der Waals surface area (Å²) >= 11 is 0. The average molecular weight is 468 g/mol. The first kappa shape index (κ1) is 23.2. The lowest BCUT2D eigenvalue weighted by molar-refractivity contribution is -0.143. The van der Waals surface area contributed by atoms with Crippen molar-refractivity contribution in [2.24, 2.45) is 11.8 Å². The Hall–Kier alpha value is -2.57. The Labute approximate surface area is 201 Å². The molecule has 2 aliphatic carbocycles. The van der Waals surface area contributed by atoms with Gasteiger partial charge in [0.2, 0.25) is 0 Å². The molecule has 2 saturated carbocycles.